The zero-order chi connectivity index (χ0) is 19.7. The molecule has 1 N–H and O–H groups in total. The molecule has 0 saturated heterocycles. The van der Waals surface area contributed by atoms with Crippen LogP contribution >= 0.6 is 11.6 Å². The van der Waals surface area contributed by atoms with Gasteiger partial charge in [0.15, 0.2) is 0 Å². The van der Waals surface area contributed by atoms with Gasteiger partial charge < -0.3 is 5.32 Å². The third kappa shape index (κ3) is 3.65. The van der Waals surface area contributed by atoms with E-state index < -0.39 is 16.2 Å². The molecule has 4 rings (SSSR count). The van der Waals surface area contributed by atoms with Crippen LogP contribution in [0.25, 0.3) is 0 Å². The van der Waals surface area contributed by atoms with Crippen LogP contribution in [0.4, 0.5) is 5.69 Å². The molecule has 28 heavy (non-hydrogen) atoms. The smallest absolute Gasteiger partial charge is 0.247 e. The molecule has 0 unspecified atom stereocenters. The summed E-state index contributed by atoms with van der Waals surface area (Å²) in [7, 11) is -3.63. The fourth-order valence-electron chi connectivity index (χ4n) is 3.52. The molecule has 0 radical (unpaired) electrons. The van der Waals surface area contributed by atoms with Gasteiger partial charge in [-0.3, -0.25) is 0 Å². The molecular formula is C22H21ClN2O2S. The number of anilines is 1. The molecule has 4 nitrogen and oxygen atoms in total. The van der Waals surface area contributed by atoms with Gasteiger partial charge in [-0.1, -0.05) is 65.7 Å². The molecule has 6 heteroatoms. The van der Waals surface area contributed by atoms with Crippen molar-refractivity contribution in [2.75, 3.05) is 11.9 Å². The number of rotatable bonds is 4. The first-order valence-corrected chi connectivity index (χ1v) is 11.0. The van der Waals surface area contributed by atoms with Gasteiger partial charge in [0.25, 0.3) is 0 Å². The number of hydrogen-bond donors (Lipinski definition) is 1. The third-order valence-electron chi connectivity index (χ3n) is 4.95. The van der Waals surface area contributed by atoms with Gasteiger partial charge in [0.1, 0.15) is 11.1 Å². The van der Waals surface area contributed by atoms with Crippen molar-refractivity contribution in [2.24, 2.45) is 0 Å². The van der Waals surface area contributed by atoms with Crippen LogP contribution in [-0.2, 0) is 16.4 Å². The Kier molecular flexibility index (Phi) is 5.15. The molecule has 144 valence electrons. The van der Waals surface area contributed by atoms with Crippen molar-refractivity contribution in [1.29, 1.82) is 0 Å². The number of halogens is 1. The summed E-state index contributed by atoms with van der Waals surface area (Å²) in [5.41, 5.74) is 3.69. The number of benzene rings is 3. The number of para-hydroxylation sites is 1. The standard InChI is InChI=1S/C22H21ClN2O2S/c1-16-5-4-6-18(15-16)22-24-20-7-2-3-8-21(20)28(26,27)25(22)14-13-17-9-11-19(23)12-10-17/h2-12,15,22,24H,13-14H2,1H3/t22-/m1/s1. The summed E-state index contributed by atoms with van der Waals surface area (Å²) in [5.74, 6) is 0. The number of hydrogen-bond acceptors (Lipinski definition) is 3. The Bertz CT molecular complexity index is 1100. The average Bonchev–Trinajstić information content (AvgIpc) is 2.68. The topological polar surface area (TPSA) is 49.4 Å². The van der Waals surface area contributed by atoms with Crippen molar-refractivity contribution in [3.05, 3.63) is 94.5 Å². The van der Waals surface area contributed by atoms with E-state index in [2.05, 4.69) is 5.32 Å². The Morgan fingerprint density at radius 1 is 1.00 bits per heavy atom. The summed E-state index contributed by atoms with van der Waals surface area (Å²) in [6.07, 6.45) is 0.148. The van der Waals surface area contributed by atoms with E-state index >= 15 is 0 Å². The normalized spacial score (nSPS) is 18.3. The fraction of sp³-hybridized carbons (Fsp3) is 0.182. The molecule has 0 saturated carbocycles. The maximum Gasteiger partial charge on any atom is 0.247 e. The van der Waals surface area contributed by atoms with Gasteiger partial charge in [-0.05, 0) is 48.7 Å². The van der Waals surface area contributed by atoms with Gasteiger partial charge in [0.2, 0.25) is 10.0 Å². The maximum absolute atomic E-state index is 13.4. The van der Waals surface area contributed by atoms with Crippen LogP contribution in [0.3, 0.4) is 0 Å². The van der Waals surface area contributed by atoms with Gasteiger partial charge in [0.05, 0.1) is 5.69 Å². The van der Waals surface area contributed by atoms with Crippen molar-refractivity contribution >= 4 is 27.3 Å². The summed E-state index contributed by atoms with van der Waals surface area (Å²) < 4.78 is 28.4. The molecule has 3 aromatic carbocycles. The van der Waals surface area contributed by atoms with Crippen molar-refractivity contribution in [2.45, 2.75) is 24.4 Å². The molecule has 1 heterocycles. The maximum atomic E-state index is 13.4. The minimum atomic E-state index is -3.63. The highest BCUT2D eigenvalue weighted by Gasteiger charge is 2.38. The molecule has 1 aliphatic rings. The van der Waals surface area contributed by atoms with Crippen LogP contribution in [0.2, 0.25) is 5.02 Å². The molecule has 3 aromatic rings. The lowest BCUT2D eigenvalue weighted by Gasteiger charge is -2.37. The lowest BCUT2D eigenvalue weighted by atomic mass is 10.1. The minimum absolute atomic E-state index is 0.315. The lowest BCUT2D eigenvalue weighted by Crippen LogP contribution is -2.43. The van der Waals surface area contributed by atoms with E-state index in [1.165, 1.54) is 0 Å². The van der Waals surface area contributed by atoms with Gasteiger partial charge in [0, 0.05) is 11.6 Å². The highest BCUT2D eigenvalue weighted by Crippen LogP contribution is 2.38. The summed E-state index contributed by atoms with van der Waals surface area (Å²) in [6.45, 7) is 2.37. The predicted octanol–water partition coefficient (Wildman–Crippen LogP) is 5.01. The van der Waals surface area contributed by atoms with Crippen LogP contribution in [0.15, 0.2) is 77.7 Å². The van der Waals surface area contributed by atoms with Crippen molar-refractivity contribution < 1.29 is 8.42 Å². The first-order valence-electron chi connectivity index (χ1n) is 9.13. The number of aryl methyl sites for hydroxylation is 1. The molecule has 0 aromatic heterocycles. The van der Waals surface area contributed by atoms with Crippen molar-refractivity contribution in [1.82, 2.24) is 4.31 Å². The van der Waals surface area contributed by atoms with Gasteiger partial charge in [-0.25, -0.2) is 8.42 Å². The summed E-state index contributed by atoms with van der Waals surface area (Å²) in [5, 5.41) is 4.09. The summed E-state index contributed by atoms with van der Waals surface area (Å²) >= 11 is 5.96. The lowest BCUT2D eigenvalue weighted by molar-refractivity contribution is 0.345. The number of nitrogens with zero attached hydrogens (tertiary/aromatic N) is 1. The van der Waals surface area contributed by atoms with E-state index in [0.29, 0.717) is 28.6 Å². The molecule has 0 aliphatic carbocycles. The number of nitrogens with one attached hydrogen (secondary N) is 1. The predicted molar refractivity (Wildman–Crippen MR) is 113 cm³/mol. The quantitative estimate of drug-likeness (QED) is 0.655. The van der Waals surface area contributed by atoms with Gasteiger partial charge in [-0.15, -0.1) is 0 Å². The average molecular weight is 413 g/mol. The minimum Gasteiger partial charge on any atom is -0.364 e. The monoisotopic (exact) mass is 412 g/mol. The Balaban J connectivity index is 1.73. The highest BCUT2D eigenvalue weighted by atomic mass is 35.5. The molecular weight excluding hydrogens is 392 g/mol. The Labute approximate surface area is 170 Å². The largest absolute Gasteiger partial charge is 0.364 e. The van der Waals surface area contributed by atoms with Crippen LogP contribution < -0.4 is 5.32 Å². The zero-order valence-electron chi connectivity index (χ0n) is 15.5. The number of fused-ring (bicyclic) bond motifs is 1. The van der Waals surface area contributed by atoms with Crippen LogP contribution in [0, 0.1) is 6.92 Å². The summed E-state index contributed by atoms with van der Waals surface area (Å²) in [6, 6.07) is 22.5. The van der Waals surface area contributed by atoms with E-state index in [1.807, 2.05) is 67.6 Å². The van der Waals surface area contributed by atoms with Gasteiger partial charge in [-0.2, -0.15) is 4.31 Å². The Hall–Kier alpha value is -2.34. The van der Waals surface area contributed by atoms with E-state index in [1.54, 1.807) is 16.4 Å². The molecule has 0 amide bonds. The van der Waals surface area contributed by atoms with Gasteiger partial charge >= 0.3 is 0 Å². The second-order valence-electron chi connectivity index (χ2n) is 6.95. The Morgan fingerprint density at radius 2 is 1.75 bits per heavy atom. The van der Waals surface area contributed by atoms with E-state index in [-0.39, 0.29) is 0 Å². The Morgan fingerprint density at radius 3 is 2.50 bits per heavy atom. The first kappa shape index (κ1) is 19.0. The molecule has 0 bridgehead atoms. The van der Waals surface area contributed by atoms with Crippen LogP contribution in [0.5, 0.6) is 0 Å². The second-order valence-corrected chi connectivity index (χ2v) is 9.24. The first-order chi connectivity index (χ1) is 13.4. The molecule has 0 spiro atoms. The van der Waals surface area contributed by atoms with E-state index in [9.17, 15) is 8.42 Å². The molecule has 0 fully saturated rings. The van der Waals surface area contributed by atoms with Crippen LogP contribution in [-0.4, -0.2) is 19.3 Å². The highest BCUT2D eigenvalue weighted by molar-refractivity contribution is 7.89. The van der Waals surface area contributed by atoms with E-state index in [0.717, 1.165) is 16.7 Å². The summed E-state index contributed by atoms with van der Waals surface area (Å²) in [4.78, 5) is 0.315. The SMILES string of the molecule is Cc1cccc([C@@H]2Nc3ccccc3S(=O)(=O)N2CCc2ccc(Cl)cc2)c1. The molecule has 1 atom stereocenters. The van der Waals surface area contributed by atoms with E-state index in [4.69, 9.17) is 11.6 Å². The number of sulfonamides is 1. The third-order valence-corrected chi connectivity index (χ3v) is 7.12. The molecule has 1 aliphatic heterocycles. The zero-order valence-corrected chi connectivity index (χ0v) is 17.0. The van der Waals surface area contributed by atoms with Crippen molar-refractivity contribution in [3.8, 4) is 0 Å². The van der Waals surface area contributed by atoms with Crippen LogP contribution in [0.1, 0.15) is 22.9 Å². The second kappa shape index (κ2) is 7.59. The van der Waals surface area contributed by atoms with Crippen molar-refractivity contribution in [3.63, 3.8) is 0 Å². The fourth-order valence-corrected chi connectivity index (χ4v) is 5.34.